The van der Waals surface area contributed by atoms with Crippen LogP contribution in [0.1, 0.15) is 34.1 Å². The maximum Gasteiger partial charge on any atom is 0.295 e. The normalized spacial score (nSPS) is 12.2. The second kappa shape index (κ2) is 10.9. The first kappa shape index (κ1) is 26.5. The van der Waals surface area contributed by atoms with Gasteiger partial charge in [-0.3, -0.25) is 19.1 Å². The third kappa shape index (κ3) is 4.75. The summed E-state index contributed by atoms with van der Waals surface area (Å²) in [5, 5.41) is 14.6. The van der Waals surface area contributed by atoms with E-state index in [0.29, 0.717) is 23.0 Å². The Hall–Kier alpha value is -5.11. The molecule has 1 atom stereocenters. The van der Waals surface area contributed by atoms with E-state index in [-0.39, 0.29) is 22.9 Å². The number of carbonyl (C=O) groups is 1. The fraction of sp³-hybridized carbons (Fsp3) is 0.156. The smallest absolute Gasteiger partial charge is 0.295 e. The van der Waals surface area contributed by atoms with Crippen LogP contribution in [0.15, 0.2) is 107 Å². The van der Waals surface area contributed by atoms with Crippen LogP contribution in [0.5, 0.6) is 5.75 Å². The molecule has 40 heavy (non-hydrogen) atoms. The zero-order valence-corrected chi connectivity index (χ0v) is 22.5. The van der Waals surface area contributed by atoms with Gasteiger partial charge in [0.05, 0.1) is 22.9 Å². The molecule has 202 valence electrons. The van der Waals surface area contributed by atoms with Crippen molar-refractivity contribution >= 4 is 22.4 Å². The van der Waals surface area contributed by atoms with Crippen LogP contribution < -0.4 is 16.4 Å². The Balaban J connectivity index is 1.47. The first-order chi connectivity index (χ1) is 19.3. The number of aromatic hydroxyl groups is 1. The molecule has 2 heterocycles. The van der Waals surface area contributed by atoms with E-state index < -0.39 is 11.3 Å². The van der Waals surface area contributed by atoms with Crippen molar-refractivity contribution in [3.8, 4) is 11.4 Å². The van der Waals surface area contributed by atoms with Gasteiger partial charge in [-0.1, -0.05) is 66.7 Å². The molecule has 0 fully saturated rings. The van der Waals surface area contributed by atoms with Crippen LogP contribution in [0.25, 0.3) is 16.6 Å². The highest BCUT2D eigenvalue weighted by Crippen LogP contribution is 2.27. The van der Waals surface area contributed by atoms with E-state index in [1.807, 2.05) is 74.6 Å². The highest BCUT2D eigenvalue weighted by molar-refractivity contribution is 6.09. The molecule has 2 N–H and O–H groups in total. The van der Waals surface area contributed by atoms with Gasteiger partial charge in [0.1, 0.15) is 17.0 Å². The molecular formula is C32H30N4O4. The van der Waals surface area contributed by atoms with Crippen molar-refractivity contribution in [2.75, 3.05) is 5.32 Å². The highest BCUT2D eigenvalue weighted by atomic mass is 16.3. The number of hydrogen-bond donors (Lipinski definition) is 2. The van der Waals surface area contributed by atoms with Crippen molar-refractivity contribution < 1.29 is 9.90 Å². The molecule has 0 aliphatic rings. The van der Waals surface area contributed by atoms with Gasteiger partial charge in [0.25, 0.3) is 11.1 Å². The predicted molar refractivity (Wildman–Crippen MR) is 157 cm³/mol. The van der Waals surface area contributed by atoms with E-state index in [2.05, 4.69) is 5.32 Å². The average Bonchev–Trinajstić information content (AvgIpc) is 3.19. The van der Waals surface area contributed by atoms with Crippen LogP contribution in [0.2, 0.25) is 0 Å². The first-order valence-corrected chi connectivity index (χ1v) is 13.0. The van der Waals surface area contributed by atoms with Crippen LogP contribution in [0, 0.1) is 6.92 Å². The summed E-state index contributed by atoms with van der Waals surface area (Å²) >= 11 is 0. The maximum absolute atomic E-state index is 13.5. The Morgan fingerprint density at radius 3 is 2.23 bits per heavy atom. The molecule has 0 spiro atoms. The molecule has 0 amide bonds. The molecule has 0 saturated heterocycles. The van der Waals surface area contributed by atoms with E-state index in [1.165, 1.54) is 10.6 Å². The second-order valence-electron chi connectivity index (χ2n) is 9.65. The SMILES string of the molecule is Cc1c(N[C@H](C/C=C/C(=O)c2c(O)c3ccccc3n(C)c2=O)c2ccccc2)c(=O)n(-c2ccccc2)n1C. The minimum absolute atomic E-state index is 0.184. The molecule has 5 aromatic rings. The van der Waals surface area contributed by atoms with E-state index >= 15 is 0 Å². The summed E-state index contributed by atoms with van der Waals surface area (Å²) in [5.74, 6) is -0.912. The van der Waals surface area contributed by atoms with Crippen molar-refractivity contribution in [3.63, 3.8) is 0 Å². The van der Waals surface area contributed by atoms with Crippen LogP contribution in [-0.4, -0.2) is 24.8 Å². The molecule has 0 aliphatic carbocycles. The minimum Gasteiger partial charge on any atom is -0.506 e. The summed E-state index contributed by atoms with van der Waals surface area (Å²) in [6.45, 7) is 1.88. The lowest BCUT2D eigenvalue weighted by molar-refractivity contribution is 0.104. The number of para-hydroxylation sites is 2. The third-order valence-electron chi connectivity index (χ3n) is 7.24. The number of allylic oxidation sites excluding steroid dienone is 1. The summed E-state index contributed by atoms with van der Waals surface area (Å²) in [5.41, 5.74) is 2.43. The number of fused-ring (bicyclic) bond motifs is 1. The van der Waals surface area contributed by atoms with E-state index in [1.54, 1.807) is 46.8 Å². The topological polar surface area (TPSA) is 98.3 Å². The molecule has 0 aliphatic heterocycles. The zero-order valence-electron chi connectivity index (χ0n) is 22.5. The standard InChI is InChI=1S/C32H30N4O4/c1-21-29(32(40)36(35(21)3)23-15-8-5-9-16-23)33-25(22-13-6-4-7-14-22)18-12-20-27(37)28-30(38)24-17-10-11-19-26(24)34(2)31(28)39/h4-17,19-20,25,33,38H,18H2,1-3H3/b20-12+/t25-/m1/s1. The minimum atomic E-state index is -0.585. The van der Waals surface area contributed by atoms with Crippen molar-refractivity contribution in [2.24, 2.45) is 14.1 Å². The second-order valence-corrected chi connectivity index (χ2v) is 9.65. The summed E-state index contributed by atoms with van der Waals surface area (Å²) in [7, 11) is 3.41. The van der Waals surface area contributed by atoms with Gasteiger partial charge in [0.2, 0.25) is 0 Å². The number of ketones is 1. The number of nitrogens with zero attached hydrogens (tertiary/aromatic N) is 3. The van der Waals surface area contributed by atoms with E-state index in [4.69, 9.17) is 0 Å². The molecular weight excluding hydrogens is 504 g/mol. The molecule has 5 rings (SSSR count). The van der Waals surface area contributed by atoms with Crippen molar-refractivity contribution in [2.45, 2.75) is 19.4 Å². The quantitative estimate of drug-likeness (QED) is 0.215. The van der Waals surface area contributed by atoms with Gasteiger partial charge in [-0.15, -0.1) is 0 Å². The van der Waals surface area contributed by atoms with Gasteiger partial charge >= 0.3 is 0 Å². The molecule has 2 aromatic heterocycles. The van der Waals surface area contributed by atoms with Crippen LogP contribution in [0.4, 0.5) is 5.69 Å². The Morgan fingerprint density at radius 2 is 1.52 bits per heavy atom. The number of anilines is 1. The Bertz CT molecular complexity index is 1850. The lowest BCUT2D eigenvalue weighted by Crippen LogP contribution is -2.24. The summed E-state index contributed by atoms with van der Waals surface area (Å²) in [4.78, 5) is 39.6. The highest BCUT2D eigenvalue weighted by Gasteiger charge is 2.21. The fourth-order valence-electron chi connectivity index (χ4n) is 4.97. The van der Waals surface area contributed by atoms with Crippen LogP contribution in [0.3, 0.4) is 0 Å². The summed E-state index contributed by atoms with van der Waals surface area (Å²) in [6, 6.07) is 25.6. The van der Waals surface area contributed by atoms with Crippen molar-refractivity contribution in [1.29, 1.82) is 0 Å². The molecule has 0 saturated carbocycles. The lowest BCUT2D eigenvalue weighted by atomic mass is 10.0. The summed E-state index contributed by atoms with van der Waals surface area (Å²) < 4.78 is 4.78. The monoisotopic (exact) mass is 534 g/mol. The van der Waals surface area contributed by atoms with Gasteiger partial charge in [-0.25, -0.2) is 4.68 Å². The van der Waals surface area contributed by atoms with Gasteiger partial charge in [-0.2, -0.15) is 0 Å². The molecule has 8 nitrogen and oxygen atoms in total. The molecule has 3 aromatic carbocycles. The van der Waals surface area contributed by atoms with Crippen molar-refractivity contribution in [3.05, 3.63) is 135 Å². The average molecular weight is 535 g/mol. The van der Waals surface area contributed by atoms with Crippen molar-refractivity contribution in [1.82, 2.24) is 13.9 Å². The van der Waals surface area contributed by atoms with Gasteiger partial charge in [-0.05, 0) is 49.2 Å². The third-order valence-corrected chi connectivity index (χ3v) is 7.24. The van der Waals surface area contributed by atoms with Gasteiger partial charge in [0.15, 0.2) is 5.78 Å². The molecule has 8 heteroatoms. The largest absolute Gasteiger partial charge is 0.506 e. The fourth-order valence-corrected chi connectivity index (χ4v) is 4.97. The van der Waals surface area contributed by atoms with Crippen LogP contribution in [-0.2, 0) is 14.1 Å². The Morgan fingerprint density at radius 1 is 0.900 bits per heavy atom. The maximum atomic E-state index is 13.5. The predicted octanol–water partition coefficient (Wildman–Crippen LogP) is 5.02. The van der Waals surface area contributed by atoms with E-state index in [0.717, 1.165) is 16.9 Å². The van der Waals surface area contributed by atoms with Gasteiger partial charge in [0, 0.05) is 19.5 Å². The van der Waals surface area contributed by atoms with Gasteiger partial charge < -0.3 is 15.0 Å². The van der Waals surface area contributed by atoms with E-state index in [9.17, 15) is 19.5 Å². The number of aromatic nitrogens is 3. The number of aryl methyl sites for hydroxylation is 1. The summed E-state index contributed by atoms with van der Waals surface area (Å²) in [6.07, 6.45) is 3.32. The Labute approximate surface area is 231 Å². The first-order valence-electron chi connectivity index (χ1n) is 13.0. The molecule has 0 bridgehead atoms. The number of pyridine rings is 1. The zero-order chi connectivity index (χ0) is 28.4. The lowest BCUT2D eigenvalue weighted by Gasteiger charge is -2.18. The Kier molecular flexibility index (Phi) is 7.25. The molecule has 0 radical (unpaired) electrons. The number of carbonyl (C=O) groups excluding carboxylic acids is 1. The van der Waals surface area contributed by atoms with Crippen LogP contribution >= 0.6 is 0 Å². The molecule has 0 unspecified atom stereocenters. The number of hydrogen-bond acceptors (Lipinski definition) is 5. The number of benzene rings is 3. The number of rotatable bonds is 8. The number of nitrogens with one attached hydrogen (secondary N) is 1.